The van der Waals surface area contributed by atoms with E-state index in [0.29, 0.717) is 12.1 Å². The third-order valence-corrected chi connectivity index (χ3v) is 3.66. The number of hydrogen-bond donors (Lipinski definition) is 1. The monoisotopic (exact) mass is 242 g/mol. The van der Waals surface area contributed by atoms with E-state index in [1.165, 1.54) is 32.5 Å². The molecule has 0 aliphatic carbocycles. The summed E-state index contributed by atoms with van der Waals surface area (Å²) in [5.41, 5.74) is 0. The van der Waals surface area contributed by atoms with Crippen LogP contribution in [-0.4, -0.2) is 49.8 Å². The van der Waals surface area contributed by atoms with Gasteiger partial charge in [0.1, 0.15) is 0 Å². The molecule has 0 aromatic rings. The first-order valence-electron chi connectivity index (χ1n) is 7.19. The van der Waals surface area contributed by atoms with Gasteiger partial charge < -0.3 is 10.1 Å². The molecule has 0 amide bonds. The van der Waals surface area contributed by atoms with Crippen molar-refractivity contribution >= 4 is 0 Å². The second-order valence-corrected chi connectivity index (χ2v) is 5.51. The van der Waals surface area contributed by atoms with Crippen LogP contribution in [0.15, 0.2) is 0 Å². The number of rotatable bonds is 7. The Morgan fingerprint density at radius 3 is 2.65 bits per heavy atom. The lowest BCUT2D eigenvalue weighted by molar-refractivity contribution is 0.0463. The maximum Gasteiger partial charge on any atom is 0.0619 e. The molecule has 102 valence electrons. The molecule has 0 saturated carbocycles. The molecule has 1 heterocycles. The first kappa shape index (κ1) is 14.9. The highest BCUT2D eigenvalue weighted by Crippen LogP contribution is 2.16. The Morgan fingerprint density at radius 1 is 1.35 bits per heavy atom. The minimum atomic E-state index is 0.525. The van der Waals surface area contributed by atoms with Gasteiger partial charge in [0.05, 0.1) is 6.61 Å². The molecule has 0 aromatic heterocycles. The molecule has 1 aliphatic rings. The van der Waals surface area contributed by atoms with Crippen molar-refractivity contribution in [2.45, 2.75) is 52.6 Å². The topological polar surface area (TPSA) is 24.5 Å². The molecule has 1 rings (SSSR count). The highest BCUT2D eigenvalue weighted by Gasteiger charge is 2.22. The van der Waals surface area contributed by atoms with E-state index in [4.69, 9.17) is 4.74 Å². The van der Waals surface area contributed by atoms with E-state index < -0.39 is 0 Å². The third-order valence-electron chi connectivity index (χ3n) is 3.66. The average Bonchev–Trinajstić information content (AvgIpc) is 2.34. The van der Waals surface area contributed by atoms with Crippen molar-refractivity contribution in [1.29, 1.82) is 0 Å². The van der Waals surface area contributed by atoms with E-state index in [2.05, 4.69) is 37.9 Å². The van der Waals surface area contributed by atoms with Gasteiger partial charge in [0.25, 0.3) is 0 Å². The molecule has 3 nitrogen and oxygen atoms in total. The number of ether oxygens (including phenoxy) is 1. The highest BCUT2D eigenvalue weighted by molar-refractivity contribution is 4.78. The lowest BCUT2D eigenvalue weighted by atomic mass is 9.98. The summed E-state index contributed by atoms with van der Waals surface area (Å²) in [5, 5.41) is 3.50. The summed E-state index contributed by atoms with van der Waals surface area (Å²) in [4.78, 5) is 2.59. The Morgan fingerprint density at radius 2 is 2.12 bits per heavy atom. The van der Waals surface area contributed by atoms with E-state index in [1.54, 1.807) is 0 Å². The van der Waals surface area contributed by atoms with Crippen LogP contribution in [0.2, 0.25) is 0 Å². The van der Waals surface area contributed by atoms with Crippen LogP contribution in [0.5, 0.6) is 0 Å². The minimum Gasteiger partial charge on any atom is -0.380 e. The summed E-state index contributed by atoms with van der Waals surface area (Å²) in [6.45, 7) is 14.2. The summed E-state index contributed by atoms with van der Waals surface area (Å²) in [6.07, 6.45) is 2.70. The van der Waals surface area contributed by atoms with Crippen molar-refractivity contribution in [3.8, 4) is 0 Å². The molecule has 1 fully saturated rings. The fraction of sp³-hybridized carbons (Fsp3) is 1.00. The Kier molecular flexibility index (Phi) is 7.09. The molecule has 3 heteroatoms. The van der Waals surface area contributed by atoms with Gasteiger partial charge in [-0.2, -0.15) is 0 Å². The van der Waals surface area contributed by atoms with Crippen LogP contribution in [0.3, 0.4) is 0 Å². The zero-order valence-corrected chi connectivity index (χ0v) is 12.0. The molecule has 1 N–H and O–H groups in total. The maximum absolute atomic E-state index is 5.56. The predicted molar refractivity (Wildman–Crippen MR) is 73.4 cm³/mol. The number of nitrogens with one attached hydrogen (secondary N) is 1. The lowest BCUT2D eigenvalue weighted by Gasteiger charge is -2.36. The van der Waals surface area contributed by atoms with Crippen molar-refractivity contribution in [1.82, 2.24) is 10.2 Å². The number of nitrogens with zero attached hydrogens (tertiary/aromatic N) is 1. The highest BCUT2D eigenvalue weighted by atomic mass is 16.5. The standard InChI is InChI=1S/C14H30N2O/c1-5-17-11-13(4)16(12(2)3)10-14-7-6-8-15-9-14/h12-15H,5-11H2,1-4H3. The van der Waals surface area contributed by atoms with Crippen molar-refractivity contribution in [2.75, 3.05) is 32.8 Å². The van der Waals surface area contributed by atoms with Crippen LogP contribution in [0, 0.1) is 5.92 Å². The zero-order valence-electron chi connectivity index (χ0n) is 12.0. The van der Waals surface area contributed by atoms with Crippen LogP contribution < -0.4 is 5.32 Å². The molecule has 2 atom stereocenters. The predicted octanol–water partition coefficient (Wildman–Crippen LogP) is 2.12. The lowest BCUT2D eigenvalue weighted by Crippen LogP contribution is -2.46. The molecule has 0 spiro atoms. The third kappa shape index (κ3) is 5.36. The second-order valence-electron chi connectivity index (χ2n) is 5.51. The number of piperidine rings is 1. The Bertz CT molecular complexity index is 191. The second kappa shape index (κ2) is 8.06. The van der Waals surface area contributed by atoms with Gasteiger partial charge in [-0.05, 0) is 59.5 Å². The first-order chi connectivity index (χ1) is 8.15. The van der Waals surface area contributed by atoms with E-state index >= 15 is 0 Å². The largest absolute Gasteiger partial charge is 0.380 e. The molecule has 1 aliphatic heterocycles. The van der Waals surface area contributed by atoms with Gasteiger partial charge in [0.2, 0.25) is 0 Å². The Balaban J connectivity index is 2.40. The van der Waals surface area contributed by atoms with Gasteiger partial charge >= 0.3 is 0 Å². The van der Waals surface area contributed by atoms with Crippen LogP contribution in [0.4, 0.5) is 0 Å². The first-order valence-corrected chi connectivity index (χ1v) is 7.19. The molecule has 1 saturated heterocycles. The van der Waals surface area contributed by atoms with E-state index in [1.807, 2.05) is 0 Å². The van der Waals surface area contributed by atoms with Gasteiger partial charge in [0, 0.05) is 25.2 Å². The van der Waals surface area contributed by atoms with E-state index in [-0.39, 0.29) is 0 Å². The van der Waals surface area contributed by atoms with Gasteiger partial charge in [-0.25, -0.2) is 0 Å². The summed E-state index contributed by atoms with van der Waals surface area (Å²) in [6, 6.07) is 1.13. The van der Waals surface area contributed by atoms with E-state index in [0.717, 1.165) is 19.1 Å². The summed E-state index contributed by atoms with van der Waals surface area (Å²) >= 11 is 0. The van der Waals surface area contributed by atoms with Crippen LogP contribution >= 0.6 is 0 Å². The normalized spacial score (nSPS) is 23.3. The number of hydrogen-bond acceptors (Lipinski definition) is 3. The molecule has 2 unspecified atom stereocenters. The molecular weight excluding hydrogens is 212 g/mol. The molecule has 0 aromatic carbocycles. The van der Waals surface area contributed by atoms with Crippen LogP contribution in [0.25, 0.3) is 0 Å². The van der Waals surface area contributed by atoms with E-state index in [9.17, 15) is 0 Å². The zero-order chi connectivity index (χ0) is 12.7. The van der Waals surface area contributed by atoms with Crippen molar-refractivity contribution in [2.24, 2.45) is 5.92 Å². The summed E-state index contributed by atoms with van der Waals surface area (Å²) < 4.78 is 5.56. The average molecular weight is 242 g/mol. The van der Waals surface area contributed by atoms with Gasteiger partial charge in [0.15, 0.2) is 0 Å². The van der Waals surface area contributed by atoms with Crippen molar-refractivity contribution in [3.63, 3.8) is 0 Å². The van der Waals surface area contributed by atoms with Gasteiger partial charge in [-0.15, -0.1) is 0 Å². The fourth-order valence-electron chi connectivity index (χ4n) is 2.66. The van der Waals surface area contributed by atoms with Gasteiger partial charge in [-0.3, -0.25) is 4.90 Å². The molecular formula is C14H30N2O. The summed E-state index contributed by atoms with van der Waals surface area (Å²) in [7, 11) is 0. The van der Waals surface area contributed by atoms with Crippen molar-refractivity contribution in [3.05, 3.63) is 0 Å². The molecule has 0 radical (unpaired) electrons. The van der Waals surface area contributed by atoms with Crippen molar-refractivity contribution < 1.29 is 4.74 Å². The molecule has 0 bridgehead atoms. The SMILES string of the molecule is CCOCC(C)N(CC1CCCNC1)C(C)C. The summed E-state index contributed by atoms with van der Waals surface area (Å²) in [5.74, 6) is 0.815. The fourth-order valence-corrected chi connectivity index (χ4v) is 2.66. The minimum absolute atomic E-state index is 0.525. The smallest absolute Gasteiger partial charge is 0.0619 e. The van der Waals surface area contributed by atoms with Crippen LogP contribution in [-0.2, 0) is 4.74 Å². The Hall–Kier alpha value is -0.120. The molecule has 17 heavy (non-hydrogen) atoms. The van der Waals surface area contributed by atoms with Crippen LogP contribution in [0.1, 0.15) is 40.5 Å². The quantitative estimate of drug-likeness (QED) is 0.740. The Labute approximate surface area is 107 Å². The maximum atomic E-state index is 5.56. The van der Waals surface area contributed by atoms with Gasteiger partial charge in [-0.1, -0.05) is 0 Å².